The van der Waals surface area contributed by atoms with Crippen molar-refractivity contribution in [1.82, 2.24) is 0 Å². The minimum atomic E-state index is -3.10. The van der Waals surface area contributed by atoms with E-state index in [9.17, 15) is 18.0 Å². The van der Waals surface area contributed by atoms with Crippen LogP contribution in [0.2, 0.25) is 0 Å². The van der Waals surface area contributed by atoms with E-state index >= 15 is 0 Å². The van der Waals surface area contributed by atoms with Crippen LogP contribution in [0.1, 0.15) is 0 Å². The van der Waals surface area contributed by atoms with E-state index in [1.54, 1.807) is 0 Å². The van der Waals surface area contributed by atoms with Gasteiger partial charge in [0.05, 0.1) is 0 Å². The van der Waals surface area contributed by atoms with E-state index in [2.05, 4.69) is 11.6 Å². The van der Waals surface area contributed by atoms with E-state index in [0.29, 0.717) is 12.2 Å². The highest BCUT2D eigenvalue weighted by Gasteiger charge is 2.14. The van der Waals surface area contributed by atoms with Gasteiger partial charge in [0.25, 0.3) is 6.43 Å². The van der Waals surface area contributed by atoms with Crippen LogP contribution in [0.5, 0.6) is 0 Å². The third-order valence-electron chi connectivity index (χ3n) is 0.652. The second kappa shape index (κ2) is 4.33. The molecule has 0 saturated heterocycles. The summed E-state index contributed by atoms with van der Waals surface area (Å²) in [7, 11) is 0. The highest BCUT2D eigenvalue weighted by molar-refractivity contribution is 6.66. The average Bonchev–Trinajstić information content (AvgIpc) is 1.82. The highest BCUT2D eigenvalue weighted by atomic mass is 35.5. The fourth-order valence-corrected chi connectivity index (χ4v) is 0.324. The number of allylic oxidation sites excluding steroid dienone is 2. The van der Waals surface area contributed by atoms with Crippen molar-refractivity contribution in [2.75, 3.05) is 0 Å². The van der Waals surface area contributed by atoms with E-state index in [4.69, 9.17) is 0 Å². The van der Waals surface area contributed by atoms with Gasteiger partial charge in [-0.05, 0) is 23.8 Å². The van der Waals surface area contributed by atoms with Crippen LogP contribution < -0.4 is 0 Å². The van der Waals surface area contributed by atoms with Crippen molar-refractivity contribution in [3.05, 3.63) is 12.2 Å². The Morgan fingerprint density at radius 1 is 1.40 bits per heavy atom. The third-order valence-corrected chi connectivity index (χ3v) is 0.778. The Bertz CT molecular complexity index is 146. The van der Waals surface area contributed by atoms with Crippen LogP contribution in [-0.2, 0) is 4.79 Å². The predicted octanol–water partition coefficient (Wildman–Crippen LogP) is 1.91. The van der Waals surface area contributed by atoms with Crippen molar-refractivity contribution < 1.29 is 18.0 Å². The lowest BCUT2D eigenvalue weighted by Crippen LogP contribution is -2.07. The van der Waals surface area contributed by atoms with Crippen LogP contribution in [0, 0.1) is 0 Å². The average molecular weight is 173 g/mol. The number of carbonyl (C=O) groups is 1. The summed E-state index contributed by atoms with van der Waals surface area (Å²) in [6.07, 6.45) is -4.55. The van der Waals surface area contributed by atoms with Crippen molar-refractivity contribution in [2.24, 2.45) is 0 Å². The second-order valence-corrected chi connectivity index (χ2v) is 1.81. The molecule has 0 bridgehead atoms. The monoisotopic (exact) mass is 172 g/mol. The minimum absolute atomic E-state index is 0.417. The molecule has 0 fully saturated rings. The number of carbonyl (C=O) groups excluding carboxylic acids is 1. The summed E-state index contributed by atoms with van der Waals surface area (Å²) in [6, 6.07) is 0. The van der Waals surface area contributed by atoms with Gasteiger partial charge in [-0.3, -0.25) is 4.79 Å². The van der Waals surface area contributed by atoms with Crippen LogP contribution >= 0.6 is 11.6 Å². The Kier molecular flexibility index (Phi) is 4.11. The molecule has 0 rings (SSSR count). The summed E-state index contributed by atoms with van der Waals surface area (Å²) in [5.41, 5.74) is 0. The van der Waals surface area contributed by atoms with Crippen LogP contribution in [0.4, 0.5) is 13.2 Å². The van der Waals surface area contributed by atoms with Crippen LogP contribution in [0.15, 0.2) is 12.2 Å². The molecular formula is C5H4ClF3O. The lowest BCUT2D eigenvalue weighted by atomic mass is 10.3. The molecule has 0 aliphatic carbocycles. The Morgan fingerprint density at radius 2 is 1.90 bits per heavy atom. The molecule has 1 unspecified atom stereocenters. The van der Waals surface area contributed by atoms with Crippen LogP contribution in [0.3, 0.4) is 0 Å². The molecule has 5 heteroatoms. The molecule has 0 N–H and O–H groups in total. The molecule has 0 aromatic carbocycles. The third kappa shape index (κ3) is 4.38. The van der Waals surface area contributed by atoms with E-state index in [-0.39, 0.29) is 0 Å². The molecule has 58 valence electrons. The van der Waals surface area contributed by atoms with Gasteiger partial charge in [0, 0.05) is 0 Å². The SMILES string of the molecule is O=C(Cl)C=CC(F)C(F)F. The predicted molar refractivity (Wildman–Crippen MR) is 30.9 cm³/mol. The minimum Gasteiger partial charge on any atom is -0.276 e. The number of alkyl halides is 3. The summed E-state index contributed by atoms with van der Waals surface area (Å²) in [5.74, 6) is 0. The molecule has 0 radical (unpaired) electrons. The Hall–Kier alpha value is -0.510. The van der Waals surface area contributed by atoms with Gasteiger partial charge in [-0.15, -0.1) is 0 Å². The van der Waals surface area contributed by atoms with Gasteiger partial charge in [-0.25, -0.2) is 13.2 Å². The topological polar surface area (TPSA) is 17.1 Å². The van der Waals surface area contributed by atoms with Gasteiger partial charge >= 0.3 is 0 Å². The Morgan fingerprint density at radius 3 is 2.20 bits per heavy atom. The van der Waals surface area contributed by atoms with Gasteiger partial charge in [0.2, 0.25) is 5.24 Å². The van der Waals surface area contributed by atoms with Gasteiger partial charge in [0.1, 0.15) is 0 Å². The molecule has 1 atom stereocenters. The number of rotatable bonds is 3. The molecule has 0 spiro atoms. The smallest absolute Gasteiger partial charge is 0.272 e. The van der Waals surface area contributed by atoms with Gasteiger partial charge in [-0.1, -0.05) is 0 Å². The second-order valence-electron chi connectivity index (χ2n) is 1.44. The zero-order valence-electron chi connectivity index (χ0n) is 4.73. The zero-order chi connectivity index (χ0) is 8.15. The van der Waals surface area contributed by atoms with Crippen molar-refractivity contribution in [1.29, 1.82) is 0 Å². The molecule has 0 aromatic rings. The zero-order valence-corrected chi connectivity index (χ0v) is 5.49. The number of halogens is 4. The summed E-state index contributed by atoms with van der Waals surface area (Å²) in [6.45, 7) is 0. The molecule has 0 saturated carbocycles. The fourth-order valence-electron chi connectivity index (χ4n) is 0.252. The van der Waals surface area contributed by atoms with Crippen molar-refractivity contribution in [2.45, 2.75) is 12.6 Å². The first-order valence-corrected chi connectivity index (χ1v) is 2.71. The van der Waals surface area contributed by atoms with Crippen molar-refractivity contribution in [3.63, 3.8) is 0 Å². The number of hydrogen-bond acceptors (Lipinski definition) is 1. The first kappa shape index (κ1) is 9.49. The highest BCUT2D eigenvalue weighted by Crippen LogP contribution is 2.06. The first-order valence-electron chi connectivity index (χ1n) is 2.34. The van der Waals surface area contributed by atoms with E-state index < -0.39 is 17.8 Å². The van der Waals surface area contributed by atoms with Crippen LogP contribution in [0.25, 0.3) is 0 Å². The number of hydrogen-bond donors (Lipinski definition) is 0. The quantitative estimate of drug-likeness (QED) is 0.470. The summed E-state index contributed by atoms with van der Waals surface area (Å²) in [4.78, 5) is 9.84. The molecule has 0 aliphatic rings. The van der Waals surface area contributed by atoms with Gasteiger partial charge in [0.15, 0.2) is 6.17 Å². The standard InChI is InChI=1S/C5H4ClF3O/c6-4(10)2-1-3(7)5(8)9/h1-3,5H. The maximum Gasteiger partial charge on any atom is 0.272 e. The maximum atomic E-state index is 11.8. The summed E-state index contributed by atoms with van der Waals surface area (Å²) >= 11 is 4.69. The molecule has 0 amide bonds. The fraction of sp³-hybridized carbons (Fsp3) is 0.400. The Labute approximate surface area is 60.5 Å². The lowest BCUT2D eigenvalue weighted by molar-refractivity contribution is -0.107. The molecule has 0 heterocycles. The summed E-state index contributed by atoms with van der Waals surface area (Å²) in [5, 5.41) is -0.969. The maximum absolute atomic E-state index is 11.8. The van der Waals surface area contributed by atoms with Crippen molar-refractivity contribution >= 4 is 16.8 Å². The molecule has 10 heavy (non-hydrogen) atoms. The van der Waals surface area contributed by atoms with Gasteiger partial charge < -0.3 is 0 Å². The van der Waals surface area contributed by atoms with Gasteiger partial charge in [-0.2, -0.15) is 0 Å². The normalized spacial score (nSPS) is 14.5. The van der Waals surface area contributed by atoms with E-state index in [0.717, 1.165) is 0 Å². The van der Waals surface area contributed by atoms with E-state index in [1.165, 1.54) is 0 Å². The largest absolute Gasteiger partial charge is 0.276 e. The van der Waals surface area contributed by atoms with Crippen LogP contribution in [-0.4, -0.2) is 17.8 Å². The van der Waals surface area contributed by atoms with E-state index in [1.807, 2.05) is 0 Å². The molecular weight excluding hydrogens is 169 g/mol. The molecule has 1 nitrogen and oxygen atoms in total. The summed E-state index contributed by atoms with van der Waals surface area (Å²) < 4.78 is 34.4. The van der Waals surface area contributed by atoms with Crippen molar-refractivity contribution in [3.8, 4) is 0 Å². The lowest BCUT2D eigenvalue weighted by Gasteiger charge is -1.96. The molecule has 0 aromatic heterocycles. The Balaban J connectivity index is 3.77. The first-order chi connectivity index (χ1) is 4.54. The molecule has 0 aliphatic heterocycles.